The van der Waals surface area contributed by atoms with Gasteiger partial charge in [-0.2, -0.15) is 0 Å². The van der Waals surface area contributed by atoms with Gasteiger partial charge in [0.05, 0.1) is 0 Å². The topological polar surface area (TPSA) is 15.3 Å². The average molecular weight is 288 g/mol. The maximum absolute atomic E-state index is 3.71. The first-order valence-corrected chi connectivity index (χ1v) is 8.80. The number of hydrogen-bond donors (Lipinski definition) is 1. The van der Waals surface area contributed by atoms with Crippen LogP contribution in [0.2, 0.25) is 0 Å². The van der Waals surface area contributed by atoms with Crippen LogP contribution in [-0.4, -0.2) is 30.6 Å². The molecule has 1 N–H and O–H groups in total. The molecule has 1 heterocycles. The van der Waals surface area contributed by atoms with Gasteiger partial charge in [0.2, 0.25) is 0 Å². The molecular formula is C19H32N2. The zero-order valence-corrected chi connectivity index (χ0v) is 14.1. The second-order valence-corrected chi connectivity index (χ2v) is 6.56. The second kappa shape index (κ2) is 8.43. The standard InChI is InChI=1S/C19H32N2/c1-4-6-17-7-9-19(10-8-17)20-16(3)18-11-14-21(13-5-2)15-12-18/h7-10,16,18,20H,4-6,11-15H2,1-3H3. The lowest BCUT2D eigenvalue weighted by Crippen LogP contribution is -2.39. The van der Waals surface area contributed by atoms with Gasteiger partial charge in [0.15, 0.2) is 0 Å². The van der Waals surface area contributed by atoms with Gasteiger partial charge in [0.25, 0.3) is 0 Å². The highest BCUT2D eigenvalue weighted by Gasteiger charge is 2.23. The lowest BCUT2D eigenvalue weighted by Gasteiger charge is -2.35. The molecule has 1 aromatic carbocycles. The fraction of sp³-hybridized carbons (Fsp3) is 0.684. The van der Waals surface area contributed by atoms with Crippen molar-refractivity contribution in [2.75, 3.05) is 25.0 Å². The van der Waals surface area contributed by atoms with Crippen LogP contribution in [0.25, 0.3) is 0 Å². The molecule has 0 spiro atoms. The Morgan fingerprint density at radius 2 is 1.76 bits per heavy atom. The van der Waals surface area contributed by atoms with Crippen molar-refractivity contribution >= 4 is 5.69 Å². The molecule has 2 heteroatoms. The van der Waals surface area contributed by atoms with Gasteiger partial charge in [0.1, 0.15) is 0 Å². The van der Waals surface area contributed by atoms with Crippen molar-refractivity contribution < 1.29 is 0 Å². The number of benzene rings is 1. The summed E-state index contributed by atoms with van der Waals surface area (Å²) in [5.41, 5.74) is 2.72. The van der Waals surface area contributed by atoms with Crippen LogP contribution in [0.15, 0.2) is 24.3 Å². The quantitative estimate of drug-likeness (QED) is 0.791. The average Bonchev–Trinajstić information content (AvgIpc) is 2.50. The Bertz CT molecular complexity index is 391. The number of likely N-dealkylation sites (tertiary alicyclic amines) is 1. The Labute approximate surface area is 130 Å². The van der Waals surface area contributed by atoms with E-state index in [1.165, 1.54) is 63.0 Å². The molecule has 1 atom stereocenters. The molecule has 1 aromatic rings. The summed E-state index contributed by atoms with van der Waals surface area (Å²) in [6, 6.07) is 9.59. The summed E-state index contributed by atoms with van der Waals surface area (Å²) in [6.07, 6.45) is 6.36. The smallest absolute Gasteiger partial charge is 0.0342 e. The van der Waals surface area contributed by atoms with Crippen molar-refractivity contribution in [2.45, 2.75) is 58.9 Å². The number of hydrogen-bond acceptors (Lipinski definition) is 2. The summed E-state index contributed by atoms with van der Waals surface area (Å²) in [6.45, 7) is 10.7. The van der Waals surface area contributed by atoms with Gasteiger partial charge in [-0.05, 0) is 75.9 Å². The maximum Gasteiger partial charge on any atom is 0.0342 e. The first kappa shape index (κ1) is 16.4. The second-order valence-electron chi connectivity index (χ2n) is 6.56. The summed E-state index contributed by atoms with van der Waals surface area (Å²) in [7, 11) is 0. The largest absolute Gasteiger partial charge is 0.382 e. The molecule has 0 bridgehead atoms. The van der Waals surface area contributed by atoms with Crippen LogP contribution in [0, 0.1) is 5.92 Å². The summed E-state index contributed by atoms with van der Waals surface area (Å²) < 4.78 is 0. The van der Waals surface area contributed by atoms with Crippen LogP contribution in [0.3, 0.4) is 0 Å². The summed E-state index contributed by atoms with van der Waals surface area (Å²) in [4.78, 5) is 2.61. The maximum atomic E-state index is 3.71. The van der Waals surface area contributed by atoms with Crippen molar-refractivity contribution in [3.05, 3.63) is 29.8 Å². The monoisotopic (exact) mass is 288 g/mol. The van der Waals surface area contributed by atoms with E-state index in [9.17, 15) is 0 Å². The molecule has 1 unspecified atom stereocenters. The fourth-order valence-corrected chi connectivity index (χ4v) is 3.43. The molecule has 0 saturated carbocycles. The van der Waals surface area contributed by atoms with Crippen LogP contribution in [0.1, 0.15) is 52.0 Å². The van der Waals surface area contributed by atoms with Gasteiger partial charge < -0.3 is 10.2 Å². The Balaban J connectivity index is 1.80. The van der Waals surface area contributed by atoms with E-state index in [1.54, 1.807) is 0 Å². The highest BCUT2D eigenvalue weighted by atomic mass is 15.1. The van der Waals surface area contributed by atoms with Crippen LogP contribution in [0.5, 0.6) is 0 Å². The number of nitrogens with zero attached hydrogens (tertiary/aromatic N) is 1. The molecule has 21 heavy (non-hydrogen) atoms. The summed E-state index contributed by atoms with van der Waals surface area (Å²) in [5.74, 6) is 0.813. The SMILES string of the molecule is CCCc1ccc(NC(C)C2CCN(CCC)CC2)cc1. The Morgan fingerprint density at radius 1 is 1.10 bits per heavy atom. The highest BCUT2D eigenvalue weighted by molar-refractivity contribution is 5.45. The first-order chi connectivity index (χ1) is 10.2. The first-order valence-electron chi connectivity index (χ1n) is 8.80. The van der Waals surface area contributed by atoms with E-state index in [0.29, 0.717) is 6.04 Å². The molecule has 0 aromatic heterocycles. The van der Waals surface area contributed by atoms with Gasteiger partial charge in [-0.1, -0.05) is 32.4 Å². The Kier molecular flexibility index (Phi) is 6.56. The third-order valence-electron chi connectivity index (χ3n) is 4.77. The van der Waals surface area contributed by atoms with E-state index in [1.807, 2.05) is 0 Å². The van der Waals surface area contributed by atoms with Crippen LogP contribution >= 0.6 is 0 Å². The van der Waals surface area contributed by atoms with Crippen molar-refractivity contribution in [3.8, 4) is 0 Å². The van der Waals surface area contributed by atoms with Gasteiger partial charge in [-0.3, -0.25) is 0 Å². The third-order valence-corrected chi connectivity index (χ3v) is 4.77. The molecule has 1 aliphatic heterocycles. The van der Waals surface area contributed by atoms with Crippen LogP contribution in [0.4, 0.5) is 5.69 Å². The lowest BCUT2D eigenvalue weighted by atomic mass is 9.90. The highest BCUT2D eigenvalue weighted by Crippen LogP contribution is 2.23. The van der Waals surface area contributed by atoms with E-state index < -0.39 is 0 Å². The number of aryl methyl sites for hydroxylation is 1. The predicted octanol–water partition coefficient (Wildman–Crippen LogP) is 4.56. The zero-order valence-electron chi connectivity index (χ0n) is 14.1. The minimum absolute atomic E-state index is 0.575. The van der Waals surface area contributed by atoms with Crippen molar-refractivity contribution in [1.82, 2.24) is 4.90 Å². The molecule has 118 valence electrons. The molecule has 1 aliphatic rings. The molecule has 0 aliphatic carbocycles. The van der Waals surface area contributed by atoms with E-state index >= 15 is 0 Å². The molecule has 1 saturated heterocycles. The molecular weight excluding hydrogens is 256 g/mol. The predicted molar refractivity (Wildman–Crippen MR) is 93.0 cm³/mol. The van der Waals surface area contributed by atoms with Crippen molar-refractivity contribution in [1.29, 1.82) is 0 Å². The normalized spacial score (nSPS) is 18.6. The van der Waals surface area contributed by atoms with Gasteiger partial charge in [-0.25, -0.2) is 0 Å². The number of piperidine rings is 1. The fourth-order valence-electron chi connectivity index (χ4n) is 3.43. The number of nitrogens with one attached hydrogen (secondary N) is 1. The molecule has 0 radical (unpaired) electrons. The van der Waals surface area contributed by atoms with E-state index in [2.05, 4.69) is 55.3 Å². The van der Waals surface area contributed by atoms with Gasteiger partial charge in [0, 0.05) is 11.7 Å². The zero-order chi connectivity index (χ0) is 15.1. The molecule has 1 fully saturated rings. The Hall–Kier alpha value is -1.02. The van der Waals surface area contributed by atoms with E-state index in [0.717, 1.165) is 5.92 Å². The van der Waals surface area contributed by atoms with Crippen molar-refractivity contribution in [2.24, 2.45) is 5.92 Å². The number of rotatable bonds is 7. The van der Waals surface area contributed by atoms with Crippen LogP contribution in [-0.2, 0) is 6.42 Å². The molecule has 2 rings (SSSR count). The Morgan fingerprint density at radius 3 is 2.33 bits per heavy atom. The van der Waals surface area contributed by atoms with Gasteiger partial charge >= 0.3 is 0 Å². The third kappa shape index (κ3) is 5.03. The summed E-state index contributed by atoms with van der Waals surface area (Å²) in [5, 5.41) is 3.71. The van der Waals surface area contributed by atoms with E-state index in [-0.39, 0.29) is 0 Å². The number of anilines is 1. The molecule has 2 nitrogen and oxygen atoms in total. The van der Waals surface area contributed by atoms with Crippen LogP contribution < -0.4 is 5.32 Å². The minimum atomic E-state index is 0.575. The summed E-state index contributed by atoms with van der Waals surface area (Å²) >= 11 is 0. The van der Waals surface area contributed by atoms with E-state index in [4.69, 9.17) is 0 Å². The lowest BCUT2D eigenvalue weighted by molar-refractivity contribution is 0.176. The van der Waals surface area contributed by atoms with Crippen molar-refractivity contribution in [3.63, 3.8) is 0 Å². The minimum Gasteiger partial charge on any atom is -0.382 e. The molecule has 0 amide bonds. The van der Waals surface area contributed by atoms with Gasteiger partial charge in [-0.15, -0.1) is 0 Å².